The van der Waals surface area contributed by atoms with Crippen LogP contribution < -0.4 is 0 Å². The average Bonchev–Trinajstić information content (AvgIpc) is 2.50. The Balaban J connectivity index is 2.15. The minimum Gasteiger partial charge on any atom is -0.461 e. The topological polar surface area (TPSA) is 26.3 Å². The molecule has 15 heavy (non-hydrogen) atoms. The van der Waals surface area contributed by atoms with Gasteiger partial charge in [-0.15, -0.1) is 0 Å². The molecule has 0 aromatic carbocycles. The van der Waals surface area contributed by atoms with Crippen molar-refractivity contribution in [1.29, 1.82) is 0 Å². The lowest BCUT2D eigenvalue weighted by atomic mass is 9.70. The molecule has 2 aliphatic rings. The Bertz CT molecular complexity index is 287. The van der Waals surface area contributed by atoms with Gasteiger partial charge >= 0.3 is 5.97 Å². The largest absolute Gasteiger partial charge is 0.461 e. The molecule has 3 heteroatoms. The molecule has 0 aliphatic heterocycles. The molecular formula is C12H19IO2. The van der Waals surface area contributed by atoms with Gasteiger partial charge in [0.25, 0.3) is 0 Å². The molecular weight excluding hydrogens is 303 g/mol. The summed E-state index contributed by atoms with van der Waals surface area (Å²) in [5.41, 5.74) is 0.544. The Hall–Kier alpha value is 0.200. The van der Waals surface area contributed by atoms with Crippen LogP contribution in [0.25, 0.3) is 0 Å². The predicted octanol–water partition coefficient (Wildman–Crippen LogP) is 3.18. The lowest BCUT2D eigenvalue weighted by molar-refractivity contribution is -0.153. The molecule has 0 amide bonds. The van der Waals surface area contributed by atoms with E-state index in [4.69, 9.17) is 4.74 Å². The number of fused-ring (bicyclic) bond motifs is 2. The molecule has 0 spiro atoms. The lowest BCUT2D eigenvalue weighted by Gasteiger charge is -2.38. The van der Waals surface area contributed by atoms with E-state index >= 15 is 0 Å². The molecule has 2 saturated carbocycles. The maximum Gasteiger partial charge on any atom is 0.316 e. The second kappa shape index (κ2) is 3.60. The maximum absolute atomic E-state index is 11.4. The number of rotatable bonds is 2. The van der Waals surface area contributed by atoms with Crippen LogP contribution in [0, 0.1) is 16.7 Å². The fourth-order valence-corrected chi connectivity index (χ4v) is 3.68. The van der Waals surface area contributed by atoms with Crippen LogP contribution in [0.3, 0.4) is 0 Å². The highest BCUT2D eigenvalue weighted by Gasteiger charge is 2.62. The van der Waals surface area contributed by atoms with Gasteiger partial charge in [0, 0.05) is 5.41 Å². The van der Waals surface area contributed by atoms with Crippen LogP contribution in [0.15, 0.2) is 0 Å². The molecule has 0 aromatic heterocycles. The first-order valence-electron chi connectivity index (χ1n) is 5.67. The molecule has 2 nitrogen and oxygen atoms in total. The molecule has 0 heterocycles. The zero-order valence-corrected chi connectivity index (χ0v) is 11.8. The van der Waals surface area contributed by atoms with Crippen molar-refractivity contribution in [3.8, 4) is 0 Å². The standard InChI is InChI=1S/C12H19IO2/c1-11(2)8-4-5-12(11,3)9(6-8)15-10(14)7-13/h8-9H,4-7H2,1-3H3/t8?,9-,12-/m1/s1. The van der Waals surface area contributed by atoms with Crippen LogP contribution in [0.5, 0.6) is 0 Å². The highest BCUT2D eigenvalue weighted by molar-refractivity contribution is 14.1. The number of alkyl halides is 1. The third-order valence-corrected chi connectivity index (χ3v) is 5.72. The first-order chi connectivity index (χ1) is 6.91. The van der Waals surface area contributed by atoms with Crippen molar-refractivity contribution < 1.29 is 9.53 Å². The molecule has 86 valence electrons. The third-order valence-electron chi connectivity index (χ3n) is 5.10. The number of hydrogen-bond donors (Lipinski definition) is 0. The van der Waals surface area contributed by atoms with E-state index in [1.165, 1.54) is 12.8 Å². The van der Waals surface area contributed by atoms with E-state index in [9.17, 15) is 4.79 Å². The van der Waals surface area contributed by atoms with Crippen molar-refractivity contribution in [1.82, 2.24) is 0 Å². The van der Waals surface area contributed by atoms with Crippen molar-refractivity contribution in [2.45, 2.75) is 46.1 Å². The van der Waals surface area contributed by atoms with Crippen molar-refractivity contribution in [3.63, 3.8) is 0 Å². The zero-order chi connectivity index (χ0) is 11.3. The summed E-state index contributed by atoms with van der Waals surface area (Å²) >= 11 is 2.07. The van der Waals surface area contributed by atoms with Gasteiger partial charge in [-0.1, -0.05) is 43.4 Å². The Morgan fingerprint density at radius 2 is 2.13 bits per heavy atom. The quantitative estimate of drug-likeness (QED) is 0.443. The van der Waals surface area contributed by atoms with Gasteiger partial charge in [-0.05, 0) is 30.6 Å². The molecule has 0 N–H and O–H groups in total. The van der Waals surface area contributed by atoms with E-state index < -0.39 is 0 Å². The Morgan fingerprint density at radius 3 is 2.53 bits per heavy atom. The molecule has 0 aromatic rings. The summed E-state index contributed by atoms with van der Waals surface area (Å²) in [6.45, 7) is 6.97. The summed E-state index contributed by atoms with van der Waals surface area (Å²) in [6.07, 6.45) is 3.76. The molecule has 0 saturated heterocycles. The van der Waals surface area contributed by atoms with Crippen molar-refractivity contribution in [2.24, 2.45) is 16.7 Å². The minimum absolute atomic E-state index is 0.0508. The fraction of sp³-hybridized carbons (Fsp3) is 0.917. The van der Waals surface area contributed by atoms with Gasteiger partial charge < -0.3 is 4.74 Å². The Kier molecular flexibility index (Phi) is 2.81. The van der Waals surface area contributed by atoms with Gasteiger partial charge in [-0.3, -0.25) is 4.79 Å². The van der Waals surface area contributed by atoms with E-state index in [1.807, 2.05) is 0 Å². The van der Waals surface area contributed by atoms with Crippen molar-refractivity contribution in [3.05, 3.63) is 0 Å². The minimum atomic E-state index is -0.0508. The highest BCUT2D eigenvalue weighted by Crippen LogP contribution is 2.66. The molecule has 2 aliphatic carbocycles. The zero-order valence-electron chi connectivity index (χ0n) is 9.68. The average molecular weight is 322 g/mol. The Labute approximate surface area is 105 Å². The van der Waals surface area contributed by atoms with Gasteiger partial charge in [0.05, 0.1) is 4.43 Å². The van der Waals surface area contributed by atoms with Gasteiger partial charge in [0.15, 0.2) is 0 Å². The first-order valence-corrected chi connectivity index (χ1v) is 7.20. The monoisotopic (exact) mass is 322 g/mol. The van der Waals surface area contributed by atoms with Crippen LogP contribution in [0.4, 0.5) is 0 Å². The molecule has 1 unspecified atom stereocenters. The first kappa shape index (κ1) is 11.7. The Morgan fingerprint density at radius 1 is 1.47 bits per heavy atom. The number of hydrogen-bond acceptors (Lipinski definition) is 2. The van der Waals surface area contributed by atoms with Gasteiger partial charge in [0.1, 0.15) is 6.10 Å². The van der Waals surface area contributed by atoms with E-state index in [2.05, 4.69) is 43.4 Å². The molecule has 2 rings (SSSR count). The van der Waals surface area contributed by atoms with Crippen LogP contribution >= 0.6 is 22.6 Å². The van der Waals surface area contributed by atoms with Crippen LogP contribution in [-0.2, 0) is 9.53 Å². The molecule has 2 fully saturated rings. The van der Waals surface area contributed by atoms with E-state index in [1.54, 1.807) is 0 Å². The van der Waals surface area contributed by atoms with Gasteiger partial charge in [-0.2, -0.15) is 0 Å². The summed E-state index contributed by atoms with van der Waals surface area (Å²) in [6, 6.07) is 0. The molecule has 0 radical (unpaired) electrons. The second-order valence-electron chi connectivity index (χ2n) is 5.72. The number of carbonyl (C=O) groups excluding carboxylic acids is 1. The second-order valence-corrected chi connectivity index (χ2v) is 6.49. The number of esters is 1. The van der Waals surface area contributed by atoms with Crippen LogP contribution in [0.1, 0.15) is 40.0 Å². The van der Waals surface area contributed by atoms with Crippen molar-refractivity contribution in [2.75, 3.05) is 4.43 Å². The van der Waals surface area contributed by atoms with Gasteiger partial charge in [0.2, 0.25) is 0 Å². The third kappa shape index (κ3) is 1.53. The van der Waals surface area contributed by atoms with Crippen molar-refractivity contribution >= 4 is 28.6 Å². The predicted molar refractivity (Wildman–Crippen MR) is 68.0 cm³/mol. The smallest absolute Gasteiger partial charge is 0.316 e. The van der Waals surface area contributed by atoms with E-state index in [0.717, 1.165) is 12.3 Å². The SMILES string of the molecule is CC1(C)C2CC[C@]1(C)[C@H](OC(=O)CI)C2. The summed E-state index contributed by atoms with van der Waals surface area (Å²) in [4.78, 5) is 11.4. The summed E-state index contributed by atoms with van der Waals surface area (Å²) < 4.78 is 6.05. The highest BCUT2D eigenvalue weighted by atomic mass is 127. The number of halogens is 1. The molecule has 2 bridgehead atoms. The summed E-state index contributed by atoms with van der Waals surface area (Å²) in [5.74, 6) is 0.694. The van der Waals surface area contributed by atoms with Crippen LogP contribution in [-0.4, -0.2) is 16.5 Å². The van der Waals surface area contributed by atoms with E-state index in [-0.39, 0.29) is 17.5 Å². The lowest BCUT2D eigenvalue weighted by Crippen LogP contribution is -2.38. The van der Waals surface area contributed by atoms with Crippen LogP contribution in [0.2, 0.25) is 0 Å². The number of ether oxygens (including phenoxy) is 1. The summed E-state index contributed by atoms with van der Waals surface area (Å²) in [5, 5.41) is 0. The summed E-state index contributed by atoms with van der Waals surface area (Å²) in [7, 11) is 0. The fourth-order valence-electron chi connectivity index (χ4n) is 3.50. The number of carbonyl (C=O) groups is 1. The maximum atomic E-state index is 11.4. The molecule has 3 atom stereocenters. The normalized spacial score (nSPS) is 41.9. The van der Waals surface area contributed by atoms with E-state index in [0.29, 0.717) is 9.84 Å². The van der Waals surface area contributed by atoms with Gasteiger partial charge in [-0.25, -0.2) is 0 Å².